The third kappa shape index (κ3) is 5.33. The first kappa shape index (κ1) is 23.9. The van der Waals surface area contributed by atoms with Crippen molar-refractivity contribution in [3.05, 3.63) is 74.8 Å². The number of rotatable bonds is 8. The number of nitro benzene ring substituents is 1. The van der Waals surface area contributed by atoms with Crippen LogP contribution in [0.5, 0.6) is 0 Å². The minimum absolute atomic E-state index is 0.0508. The van der Waals surface area contributed by atoms with Gasteiger partial charge in [-0.3, -0.25) is 14.9 Å². The minimum Gasteiger partial charge on any atom is -0.348 e. The lowest BCUT2D eigenvalue weighted by Crippen LogP contribution is -2.27. The smallest absolute Gasteiger partial charge is 0.284 e. The summed E-state index contributed by atoms with van der Waals surface area (Å²) in [4.78, 5) is 28.4. The molecule has 0 saturated carbocycles. The predicted octanol–water partition coefficient (Wildman–Crippen LogP) is 3.69. The van der Waals surface area contributed by atoms with Gasteiger partial charge in [0.25, 0.3) is 11.6 Å². The molecule has 0 unspecified atom stereocenters. The third-order valence-corrected chi connectivity index (χ3v) is 8.42. The first-order valence-corrected chi connectivity index (χ1v) is 12.4. The number of hydrogen-bond donors (Lipinski definition) is 1. The van der Waals surface area contributed by atoms with E-state index < -0.39 is 20.9 Å². The summed E-state index contributed by atoms with van der Waals surface area (Å²) >= 11 is 2.55. The van der Waals surface area contributed by atoms with Gasteiger partial charge in [0, 0.05) is 43.3 Å². The molecule has 9 nitrogen and oxygen atoms in total. The van der Waals surface area contributed by atoms with Crippen LogP contribution in [0, 0.1) is 17.0 Å². The molecule has 3 rings (SSSR count). The molecular weight excluding hydrogens is 472 g/mol. The lowest BCUT2D eigenvalue weighted by atomic mass is 10.1. The Balaban J connectivity index is 1.81. The van der Waals surface area contributed by atoms with Gasteiger partial charge in [-0.1, -0.05) is 30.0 Å². The van der Waals surface area contributed by atoms with Crippen LogP contribution in [0.1, 0.15) is 21.6 Å². The minimum atomic E-state index is -3.69. The van der Waals surface area contributed by atoms with Crippen molar-refractivity contribution in [1.29, 1.82) is 0 Å². The molecule has 0 aliphatic heterocycles. The highest BCUT2D eigenvalue weighted by Gasteiger charge is 2.22. The van der Waals surface area contributed by atoms with Crippen LogP contribution >= 0.6 is 23.1 Å². The summed E-state index contributed by atoms with van der Waals surface area (Å²) in [6.45, 7) is 1.79. The Bertz CT molecular complexity index is 1270. The van der Waals surface area contributed by atoms with Crippen LogP contribution in [0.3, 0.4) is 0 Å². The Morgan fingerprint density at radius 3 is 2.59 bits per heavy atom. The van der Waals surface area contributed by atoms with Crippen molar-refractivity contribution in [2.45, 2.75) is 27.6 Å². The van der Waals surface area contributed by atoms with Crippen LogP contribution < -0.4 is 5.32 Å². The quantitative estimate of drug-likeness (QED) is 0.376. The first-order chi connectivity index (χ1) is 15.1. The zero-order valence-electron chi connectivity index (χ0n) is 17.4. The summed E-state index contributed by atoms with van der Waals surface area (Å²) in [5.41, 5.74) is 1.14. The molecule has 0 aliphatic rings. The number of hydrogen-bond acceptors (Lipinski definition) is 8. The Kier molecular flexibility index (Phi) is 7.29. The molecule has 1 amide bonds. The van der Waals surface area contributed by atoms with Gasteiger partial charge < -0.3 is 5.32 Å². The maximum Gasteiger partial charge on any atom is 0.284 e. The van der Waals surface area contributed by atoms with E-state index in [9.17, 15) is 23.3 Å². The molecule has 2 aromatic carbocycles. The van der Waals surface area contributed by atoms with E-state index in [0.29, 0.717) is 14.8 Å². The summed E-state index contributed by atoms with van der Waals surface area (Å²) in [5, 5.41) is 16.1. The lowest BCUT2D eigenvalue weighted by molar-refractivity contribution is -0.387. The number of nitrogens with one attached hydrogen (secondary N) is 1. The third-order valence-electron chi connectivity index (χ3n) is 4.38. The molecule has 0 aliphatic carbocycles. The average molecular weight is 493 g/mol. The number of amides is 1. The van der Waals surface area contributed by atoms with Gasteiger partial charge in [-0.2, -0.15) is 0 Å². The van der Waals surface area contributed by atoms with Gasteiger partial charge >= 0.3 is 0 Å². The van der Waals surface area contributed by atoms with Crippen molar-refractivity contribution in [3.8, 4) is 0 Å². The highest BCUT2D eigenvalue weighted by atomic mass is 32.2. The van der Waals surface area contributed by atoms with Gasteiger partial charge in [-0.15, -0.1) is 11.3 Å². The number of benzene rings is 2. The molecule has 3 aromatic rings. The first-order valence-electron chi connectivity index (χ1n) is 9.26. The van der Waals surface area contributed by atoms with Crippen LogP contribution in [-0.4, -0.2) is 42.6 Å². The molecule has 168 valence electrons. The summed E-state index contributed by atoms with van der Waals surface area (Å²) in [6, 6.07) is 10.6. The molecule has 1 heterocycles. The highest BCUT2D eigenvalue weighted by molar-refractivity contribution is 8.01. The number of nitro groups is 1. The van der Waals surface area contributed by atoms with E-state index >= 15 is 0 Å². The molecule has 0 spiro atoms. The van der Waals surface area contributed by atoms with E-state index in [1.165, 1.54) is 49.7 Å². The van der Waals surface area contributed by atoms with Crippen molar-refractivity contribution in [3.63, 3.8) is 0 Å². The molecule has 0 fully saturated rings. The monoisotopic (exact) mass is 492 g/mol. The zero-order valence-corrected chi connectivity index (χ0v) is 19.9. The molecule has 32 heavy (non-hydrogen) atoms. The second-order valence-electron chi connectivity index (χ2n) is 6.87. The van der Waals surface area contributed by atoms with Gasteiger partial charge in [0.15, 0.2) is 4.34 Å². The Hall–Kier alpha value is -2.80. The van der Waals surface area contributed by atoms with E-state index in [2.05, 4.69) is 10.3 Å². The highest BCUT2D eigenvalue weighted by Crippen LogP contribution is 2.36. The van der Waals surface area contributed by atoms with E-state index in [0.717, 1.165) is 21.8 Å². The molecule has 0 bridgehead atoms. The van der Waals surface area contributed by atoms with E-state index in [1.54, 1.807) is 18.2 Å². The molecular formula is C20H20N4O5S3. The van der Waals surface area contributed by atoms with Crippen molar-refractivity contribution in [2.24, 2.45) is 0 Å². The van der Waals surface area contributed by atoms with Crippen molar-refractivity contribution < 1.29 is 18.1 Å². The molecule has 1 N–H and O–H groups in total. The van der Waals surface area contributed by atoms with E-state index in [1.807, 2.05) is 12.3 Å². The van der Waals surface area contributed by atoms with Gasteiger partial charge in [0.05, 0.1) is 14.7 Å². The van der Waals surface area contributed by atoms with Crippen molar-refractivity contribution in [2.75, 3.05) is 14.1 Å². The predicted molar refractivity (Wildman–Crippen MR) is 123 cm³/mol. The number of carbonyl (C=O) groups excluding carboxylic acids is 1. The maximum atomic E-state index is 12.6. The summed E-state index contributed by atoms with van der Waals surface area (Å²) < 4.78 is 26.8. The average Bonchev–Trinajstić information content (AvgIpc) is 3.16. The van der Waals surface area contributed by atoms with Crippen LogP contribution in [0.2, 0.25) is 0 Å². The van der Waals surface area contributed by atoms with Crippen molar-refractivity contribution in [1.82, 2.24) is 14.6 Å². The number of nitrogens with zero attached hydrogens (tertiary/aromatic N) is 3. The molecule has 1 aromatic heterocycles. The summed E-state index contributed by atoms with van der Waals surface area (Å²) in [7, 11) is -0.833. The fourth-order valence-corrected chi connectivity index (χ4v) is 5.73. The van der Waals surface area contributed by atoms with Crippen LogP contribution in [0.25, 0.3) is 0 Å². The standard InChI is InChI=1S/C20H20N4O5S3/c1-13-12-30-20(22-13)31-17-9-8-14(10-16(17)24(26)27)19(25)21-11-15-6-4-5-7-18(15)32(28,29)23(2)3/h4-10,12H,11H2,1-3H3,(H,21,25). The van der Waals surface area contributed by atoms with Crippen LogP contribution in [-0.2, 0) is 16.6 Å². The number of carbonyl (C=O) groups is 1. The fraction of sp³-hybridized carbons (Fsp3) is 0.200. The second-order valence-corrected chi connectivity index (χ2v) is 11.1. The Morgan fingerprint density at radius 1 is 1.25 bits per heavy atom. The topological polar surface area (TPSA) is 123 Å². The maximum absolute atomic E-state index is 12.6. The number of aromatic nitrogens is 1. The Labute approximate surface area is 193 Å². The van der Waals surface area contributed by atoms with Crippen LogP contribution in [0.4, 0.5) is 5.69 Å². The van der Waals surface area contributed by atoms with E-state index in [-0.39, 0.29) is 22.7 Å². The van der Waals surface area contributed by atoms with Gasteiger partial charge in [0.1, 0.15) is 0 Å². The molecule has 0 radical (unpaired) electrons. The largest absolute Gasteiger partial charge is 0.348 e. The van der Waals surface area contributed by atoms with Crippen molar-refractivity contribution >= 4 is 44.7 Å². The summed E-state index contributed by atoms with van der Waals surface area (Å²) in [5.74, 6) is -0.549. The number of thiazole rings is 1. The fourth-order valence-electron chi connectivity index (χ4n) is 2.74. The van der Waals surface area contributed by atoms with Gasteiger partial charge in [-0.05, 0) is 30.7 Å². The molecule has 0 atom stereocenters. The number of aryl methyl sites for hydroxylation is 1. The van der Waals surface area contributed by atoms with Gasteiger partial charge in [0.2, 0.25) is 10.0 Å². The number of sulfonamides is 1. The Morgan fingerprint density at radius 2 is 1.97 bits per heavy atom. The van der Waals surface area contributed by atoms with E-state index in [4.69, 9.17) is 0 Å². The van der Waals surface area contributed by atoms with Crippen LogP contribution in [0.15, 0.2) is 62.0 Å². The second kappa shape index (κ2) is 9.77. The SMILES string of the molecule is Cc1csc(Sc2ccc(C(=O)NCc3ccccc3S(=O)(=O)N(C)C)cc2[N+](=O)[O-])n1. The molecule has 0 saturated heterocycles. The zero-order chi connectivity index (χ0) is 23.5. The summed E-state index contributed by atoms with van der Waals surface area (Å²) in [6.07, 6.45) is 0. The van der Waals surface area contributed by atoms with Gasteiger partial charge in [-0.25, -0.2) is 17.7 Å². The normalized spacial score (nSPS) is 11.5. The molecule has 12 heteroatoms. The lowest BCUT2D eigenvalue weighted by Gasteiger charge is -2.15.